The van der Waals surface area contributed by atoms with Gasteiger partial charge in [-0.2, -0.15) is 0 Å². The predicted molar refractivity (Wildman–Crippen MR) is 117 cm³/mol. The van der Waals surface area contributed by atoms with E-state index < -0.39 is 0 Å². The van der Waals surface area contributed by atoms with Crippen molar-refractivity contribution in [2.24, 2.45) is 10.9 Å². The Labute approximate surface area is 174 Å². The number of hydrogen-bond acceptors (Lipinski definition) is 3. The topological polar surface area (TPSA) is 46.1 Å². The number of hydrogen-bond donors (Lipinski definition) is 1. The summed E-state index contributed by atoms with van der Waals surface area (Å²) < 4.78 is 11.2. The molecule has 0 aromatic heterocycles. The van der Waals surface area contributed by atoms with Gasteiger partial charge in [-0.3, -0.25) is 4.99 Å². The normalized spacial score (nSPS) is 20.5. The fourth-order valence-electron chi connectivity index (χ4n) is 3.74. The van der Waals surface area contributed by atoms with E-state index in [4.69, 9.17) is 9.47 Å². The Kier molecular flexibility index (Phi) is 8.98. The summed E-state index contributed by atoms with van der Waals surface area (Å²) in [6, 6.07) is 8.38. The van der Waals surface area contributed by atoms with E-state index in [0.29, 0.717) is 5.92 Å². The lowest BCUT2D eigenvalue weighted by atomic mass is 9.93. The van der Waals surface area contributed by atoms with Gasteiger partial charge in [-0.05, 0) is 43.2 Å². The largest absolute Gasteiger partial charge is 0.493 e. The second-order valence-corrected chi connectivity index (χ2v) is 7.07. The maximum atomic E-state index is 5.76. The molecule has 0 saturated carbocycles. The molecule has 1 aromatic carbocycles. The maximum Gasteiger partial charge on any atom is 0.193 e. The molecule has 146 valence electrons. The van der Waals surface area contributed by atoms with Crippen molar-refractivity contribution in [3.8, 4) is 5.75 Å². The van der Waals surface area contributed by atoms with E-state index in [-0.39, 0.29) is 24.0 Å². The molecular weight excluding hydrogens is 441 g/mol. The summed E-state index contributed by atoms with van der Waals surface area (Å²) in [5.74, 6) is 3.28. The van der Waals surface area contributed by atoms with E-state index in [1.54, 1.807) is 0 Å². The first-order valence-electron chi connectivity index (χ1n) is 9.49. The molecule has 1 N–H and O–H groups in total. The summed E-state index contributed by atoms with van der Waals surface area (Å²) in [7, 11) is 4.00. The minimum absolute atomic E-state index is 0. The number of benzene rings is 1. The highest BCUT2D eigenvalue weighted by molar-refractivity contribution is 14.0. The molecule has 0 aliphatic carbocycles. The molecule has 0 radical (unpaired) electrons. The number of ether oxygens (including phenoxy) is 2. The van der Waals surface area contributed by atoms with Gasteiger partial charge in [0.05, 0.1) is 6.61 Å². The first-order valence-corrected chi connectivity index (χ1v) is 9.49. The minimum atomic E-state index is 0. The number of halogens is 1. The molecule has 26 heavy (non-hydrogen) atoms. The van der Waals surface area contributed by atoms with Crippen molar-refractivity contribution in [3.63, 3.8) is 0 Å². The zero-order valence-corrected chi connectivity index (χ0v) is 18.3. The fourth-order valence-corrected chi connectivity index (χ4v) is 3.74. The van der Waals surface area contributed by atoms with Crippen molar-refractivity contribution < 1.29 is 9.47 Å². The SMILES string of the molecule is CN=C(NCC1CCOc2ccccc21)N(C)CCC1CCOCC1.I. The van der Waals surface area contributed by atoms with Gasteiger partial charge in [0.25, 0.3) is 0 Å². The van der Waals surface area contributed by atoms with E-state index in [9.17, 15) is 0 Å². The summed E-state index contributed by atoms with van der Waals surface area (Å²) in [6.07, 6.45) is 4.64. The molecule has 5 nitrogen and oxygen atoms in total. The fraction of sp³-hybridized carbons (Fsp3) is 0.650. The van der Waals surface area contributed by atoms with Crippen LogP contribution < -0.4 is 10.1 Å². The Hall–Kier alpha value is -1.02. The molecule has 0 spiro atoms. The van der Waals surface area contributed by atoms with Crippen LogP contribution >= 0.6 is 24.0 Å². The van der Waals surface area contributed by atoms with Crippen molar-refractivity contribution in [1.82, 2.24) is 10.2 Å². The second kappa shape index (κ2) is 11.0. The van der Waals surface area contributed by atoms with Gasteiger partial charge in [-0.15, -0.1) is 24.0 Å². The smallest absolute Gasteiger partial charge is 0.193 e. The molecule has 0 amide bonds. The molecule has 1 aromatic rings. The van der Waals surface area contributed by atoms with Gasteiger partial charge in [-0.25, -0.2) is 0 Å². The van der Waals surface area contributed by atoms with Gasteiger partial charge in [0.1, 0.15) is 5.75 Å². The third kappa shape index (κ3) is 5.74. The van der Waals surface area contributed by atoms with Crippen LogP contribution in [0, 0.1) is 5.92 Å². The standard InChI is InChI=1S/C20H31N3O2.HI/c1-21-20(23(2)11-7-16-8-12-24-13-9-16)22-15-17-10-14-25-19-6-4-3-5-18(17)19;/h3-6,16-17H,7-15H2,1-2H3,(H,21,22);1H. The van der Waals surface area contributed by atoms with Crippen LogP contribution in [0.5, 0.6) is 5.75 Å². The van der Waals surface area contributed by atoms with Crippen LogP contribution in [0.1, 0.15) is 37.2 Å². The van der Waals surface area contributed by atoms with Crippen molar-refractivity contribution in [2.75, 3.05) is 47.0 Å². The molecule has 1 saturated heterocycles. The second-order valence-electron chi connectivity index (χ2n) is 7.07. The number of guanidine groups is 1. The Morgan fingerprint density at radius 3 is 2.73 bits per heavy atom. The number of aliphatic imine (C=N–C) groups is 1. The number of rotatable bonds is 5. The van der Waals surface area contributed by atoms with Crippen molar-refractivity contribution >= 4 is 29.9 Å². The van der Waals surface area contributed by atoms with Gasteiger partial charge in [0.2, 0.25) is 0 Å². The van der Waals surface area contributed by atoms with Crippen LogP contribution in [-0.4, -0.2) is 57.9 Å². The van der Waals surface area contributed by atoms with E-state index in [1.165, 1.54) is 24.8 Å². The van der Waals surface area contributed by atoms with E-state index in [0.717, 1.165) is 57.0 Å². The average Bonchev–Trinajstić information content (AvgIpc) is 2.67. The molecule has 2 aliphatic heterocycles. The number of para-hydroxylation sites is 1. The first-order chi connectivity index (χ1) is 12.3. The molecule has 3 rings (SSSR count). The molecule has 1 fully saturated rings. The molecule has 2 aliphatic rings. The van der Waals surface area contributed by atoms with Crippen molar-refractivity contribution in [3.05, 3.63) is 29.8 Å². The highest BCUT2D eigenvalue weighted by atomic mass is 127. The highest BCUT2D eigenvalue weighted by Crippen LogP contribution is 2.32. The lowest BCUT2D eigenvalue weighted by molar-refractivity contribution is 0.0625. The number of nitrogens with one attached hydrogen (secondary N) is 1. The summed E-state index contributed by atoms with van der Waals surface area (Å²) in [4.78, 5) is 6.72. The maximum absolute atomic E-state index is 5.76. The highest BCUT2D eigenvalue weighted by Gasteiger charge is 2.22. The number of fused-ring (bicyclic) bond motifs is 1. The lowest BCUT2D eigenvalue weighted by Crippen LogP contribution is -2.42. The van der Waals surface area contributed by atoms with E-state index >= 15 is 0 Å². The Bertz CT molecular complexity index is 576. The molecule has 1 atom stereocenters. The first kappa shape index (κ1) is 21.3. The van der Waals surface area contributed by atoms with Gasteiger partial charge >= 0.3 is 0 Å². The lowest BCUT2D eigenvalue weighted by Gasteiger charge is -2.29. The summed E-state index contributed by atoms with van der Waals surface area (Å²) in [6.45, 7) is 4.57. The van der Waals surface area contributed by atoms with Crippen molar-refractivity contribution in [2.45, 2.75) is 31.6 Å². The van der Waals surface area contributed by atoms with Crippen LogP contribution in [-0.2, 0) is 4.74 Å². The quantitative estimate of drug-likeness (QED) is 0.404. The molecule has 0 bridgehead atoms. The zero-order valence-electron chi connectivity index (χ0n) is 15.9. The van der Waals surface area contributed by atoms with Crippen LogP contribution in [0.15, 0.2) is 29.3 Å². The summed E-state index contributed by atoms with van der Waals surface area (Å²) in [5.41, 5.74) is 1.31. The van der Waals surface area contributed by atoms with E-state index in [2.05, 4.69) is 40.5 Å². The Balaban J connectivity index is 0.00000243. The van der Waals surface area contributed by atoms with Gasteiger partial charge in [-0.1, -0.05) is 18.2 Å². The monoisotopic (exact) mass is 473 g/mol. The predicted octanol–water partition coefficient (Wildman–Crippen LogP) is 3.49. The third-order valence-electron chi connectivity index (χ3n) is 5.38. The van der Waals surface area contributed by atoms with Gasteiger partial charge in [0.15, 0.2) is 5.96 Å². The zero-order chi connectivity index (χ0) is 17.5. The van der Waals surface area contributed by atoms with Gasteiger partial charge < -0.3 is 19.7 Å². The summed E-state index contributed by atoms with van der Waals surface area (Å²) >= 11 is 0. The third-order valence-corrected chi connectivity index (χ3v) is 5.38. The van der Waals surface area contributed by atoms with Gasteiger partial charge in [0, 0.05) is 46.3 Å². The van der Waals surface area contributed by atoms with Crippen molar-refractivity contribution in [1.29, 1.82) is 0 Å². The van der Waals surface area contributed by atoms with E-state index in [1.807, 2.05) is 13.1 Å². The van der Waals surface area contributed by atoms with Crippen LogP contribution in [0.3, 0.4) is 0 Å². The molecule has 1 unspecified atom stereocenters. The minimum Gasteiger partial charge on any atom is -0.493 e. The average molecular weight is 473 g/mol. The van der Waals surface area contributed by atoms with Crippen LogP contribution in [0.25, 0.3) is 0 Å². The molecule has 2 heterocycles. The molecule has 6 heteroatoms. The van der Waals surface area contributed by atoms with Crippen LogP contribution in [0.2, 0.25) is 0 Å². The molecular formula is C20H32IN3O2. The number of nitrogens with zero attached hydrogens (tertiary/aromatic N) is 2. The van der Waals surface area contributed by atoms with Crippen LogP contribution in [0.4, 0.5) is 0 Å². The Morgan fingerprint density at radius 1 is 1.19 bits per heavy atom. The summed E-state index contributed by atoms with van der Waals surface area (Å²) in [5, 5.41) is 3.56. The Morgan fingerprint density at radius 2 is 1.96 bits per heavy atom.